The summed E-state index contributed by atoms with van der Waals surface area (Å²) in [5.74, 6) is -2.99. The molecule has 0 aliphatic carbocycles. The first-order chi connectivity index (χ1) is 14.4. The molecule has 0 spiro atoms. The van der Waals surface area contributed by atoms with Crippen molar-refractivity contribution in [1.29, 1.82) is 0 Å². The fraction of sp³-hybridized carbons (Fsp3) is 0.174. The number of phenols is 1. The van der Waals surface area contributed by atoms with E-state index in [9.17, 15) is 23.1 Å². The van der Waals surface area contributed by atoms with Gasteiger partial charge in [-0.2, -0.15) is 0 Å². The summed E-state index contributed by atoms with van der Waals surface area (Å²) in [6.07, 6.45) is -0.442. The van der Waals surface area contributed by atoms with E-state index in [1.807, 2.05) is 18.2 Å². The second-order valence-corrected chi connectivity index (χ2v) is 7.05. The van der Waals surface area contributed by atoms with Crippen LogP contribution in [0.15, 0.2) is 60.7 Å². The number of ether oxygens (including phenoxy) is 1. The lowest BCUT2D eigenvalue weighted by Crippen LogP contribution is -2.41. The van der Waals surface area contributed by atoms with Crippen molar-refractivity contribution in [3.63, 3.8) is 0 Å². The van der Waals surface area contributed by atoms with Crippen molar-refractivity contribution in [2.75, 3.05) is 6.54 Å². The number of hydrogen-bond acceptors (Lipinski definition) is 3. The van der Waals surface area contributed by atoms with Crippen molar-refractivity contribution in [1.82, 2.24) is 4.90 Å². The maximum Gasteiger partial charge on any atom is 0.410 e. The van der Waals surface area contributed by atoms with E-state index in [1.54, 1.807) is 12.1 Å². The van der Waals surface area contributed by atoms with Crippen LogP contribution in [0, 0.1) is 17.5 Å². The van der Waals surface area contributed by atoms with Gasteiger partial charge in [-0.15, -0.1) is 0 Å². The van der Waals surface area contributed by atoms with E-state index in [2.05, 4.69) is 0 Å². The lowest BCUT2D eigenvalue weighted by molar-refractivity contribution is 0.0831. The highest BCUT2D eigenvalue weighted by atomic mass is 19.2. The lowest BCUT2D eigenvalue weighted by atomic mass is 9.87. The largest absolute Gasteiger partial charge is 0.508 e. The zero-order valence-electron chi connectivity index (χ0n) is 15.8. The van der Waals surface area contributed by atoms with Crippen molar-refractivity contribution in [2.45, 2.75) is 19.1 Å². The Morgan fingerprint density at radius 2 is 1.73 bits per heavy atom. The molecule has 0 saturated heterocycles. The number of phenolic OH excluding ortho intramolecular Hbond substituents is 1. The minimum absolute atomic E-state index is 0.0165. The van der Waals surface area contributed by atoms with Crippen LogP contribution in [-0.4, -0.2) is 22.6 Å². The molecule has 4 nitrogen and oxygen atoms in total. The summed E-state index contributed by atoms with van der Waals surface area (Å²) >= 11 is 0. The maximum absolute atomic E-state index is 14.0. The molecular formula is C23H18F3NO3. The van der Waals surface area contributed by atoms with Crippen LogP contribution in [0.2, 0.25) is 0 Å². The van der Waals surface area contributed by atoms with Gasteiger partial charge in [-0.1, -0.05) is 30.3 Å². The fourth-order valence-corrected chi connectivity index (χ4v) is 3.69. The minimum Gasteiger partial charge on any atom is -0.508 e. The van der Waals surface area contributed by atoms with E-state index in [1.165, 1.54) is 4.90 Å². The predicted molar refractivity (Wildman–Crippen MR) is 103 cm³/mol. The van der Waals surface area contributed by atoms with Gasteiger partial charge in [0, 0.05) is 12.1 Å². The second-order valence-electron chi connectivity index (χ2n) is 7.05. The van der Waals surface area contributed by atoms with Crippen LogP contribution in [0.4, 0.5) is 18.0 Å². The Balaban J connectivity index is 1.72. The number of carbonyl (C=O) groups is 1. The van der Waals surface area contributed by atoms with Crippen LogP contribution in [0.3, 0.4) is 0 Å². The van der Waals surface area contributed by atoms with Crippen LogP contribution in [0.1, 0.15) is 28.3 Å². The summed E-state index contributed by atoms with van der Waals surface area (Å²) in [7, 11) is 0. The van der Waals surface area contributed by atoms with Crippen LogP contribution < -0.4 is 0 Å². The van der Waals surface area contributed by atoms with Gasteiger partial charge in [0.25, 0.3) is 0 Å². The third-order valence-corrected chi connectivity index (χ3v) is 5.13. The molecule has 1 N–H and O–H groups in total. The molecule has 1 aliphatic heterocycles. The highest BCUT2D eigenvalue weighted by Gasteiger charge is 2.35. The number of halogens is 3. The first kappa shape index (κ1) is 19.8. The normalized spacial score (nSPS) is 15.6. The van der Waals surface area contributed by atoms with Gasteiger partial charge in [0.15, 0.2) is 11.6 Å². The van der Waals surface area contributed by atoms with Gasteiger partial charge in [0.2, 0.25) is 0 Å². The van der Waals surface area contributed by atoms with Crippen LogP contribution >= 0.6 is 0 Å². The Labute approximate surface area is 171 Å². The summed E-state index contributed by atoms with van der Waals surface area (Å²) < 4.78 is 47.1. The monoisotopic (exact) mass is 413 g/mol. The molecule has 1 atom stereocenters. The molecule has 3 aromatic rings. The predicted octanol–water partition coefficient (Wildman–Crippen LogP) is 5.09. The summed E-state index contributed by atoms with van der Waals surface area (Å²) in [4.78, 5) is 14.2. The lowest BCUT2D eigenvalue weighted by Gasteiger charge is -2.37. The molecule has 3 aromatic carbocycles. The molecule has 0 bridgehead atoms. The highest BCUT2D eigenvalue weighted by Crippen LogP contribution is 2.40. The molecular weight excluding hydrogens is 395 g/mol. The van der Waals surface area contributed by atoms with Crippen LogP contribution in [-0.2, 0) is 17.8 Å². The molecule has 0 fully saturated rings. The zero-order chi connectivity index (χ0) is 21.3. The van der Waals surface area contributed by atoms with Crippen molar-refractivity contribution >= 4 is 6.09 Å². The van der Waals surface area contributed by atoms with Crippen molar-refractivity contribution in [2.24, 2.45) is 0 Å². The van der Waals surface area contributed by atoms with Crippen LogP contribution in [0.5, 0.6) is 5.75 Å². The number of benzene rings is 3. The second kappa shape index (κ2) is 8.10. The molecule has 4 rings (SSSR count). The van der Waals surface area contributed by atoms with Gasteiger partial charge >= 0.3 is 6.09 Å². The van der Waals surface area contributed by atoms with Crippen molar-refractivity contribution < 1.29 is 27.8 Å². The molecule has 1 amide bonds. The number of hydrogen-bond donors (Lipinski definition) is 1. The molecule has 30 heavy (non-hydrogen) atoms. The van der Waals surface area contributed by atoms with E-state index >= 15 is 0 Å². The number of aromatic hydroxyl groups is 1. The fourth-order valence-electron chi connectivity index (χ4n) is 3.69. The van der Waals surface area contributed by atoms with Crippen LogP contribution in [0.25, 0.3) is 0 Å². The van der Waals surface area contributed by atoms with Gasteiger partial charge in [0.05, 0.1) is 6.04 Å². The van der Waals surface area contributed by atoms with Gasteiger partial charge < -0.3 is 9.84 Å². The third-order valence-electron chi connectivity index (χ3n) is 5.13. The summed E-state index contributed by atoms with van der Waals surface area (Å²) in [6.45, 7) is 0.148. The molecule has 1 aliphatic rings. The molecule has 0 radical (unpaired) electrons. The minimum atomic E-state index is -1.09. The topological polar surface area (TPSA) is 49.8 Å². The number of amides is 1. The molecule has 0 aromatic heterocycles. The van der Waals surface area contributed by atoms with E-state index in [0.717, 1.165) is 35.9 Å². The third kappa shape index (κ3) is 3.83. The number of nitrogens with zero attached hydrogens (tertiary/aromatic N) is 1. The highest BCUT2D eigenvalue weighted by molar-refractivity contribution is 5.70. The molecule has 1 heterocycles. The molecule has 0 saturated carbocycles. The first-order valence-electron chi connectivity index (χ1n) is 9.37. The van der Waals surface area contributed by atoms with Gasteiger partial charge in [0.1, 0.15) is 18.2 Å². The average Bonchev–Trinajstić information content (AvgIpc) is 2.75. The molecule has 1 unspecified atom stereocenters. The van der Waals surface area contributed by atoms with Crippen molar-refractivity contribution in [3.05, 3.63) is 100 Å². The first-order valence-corrected chi connectivity index (χ1v) is 9.37. The van der Waals surface area contributed by atoms with Gasteiger partial charge in [-0.3, -0.25) is 4.90 Å². The Morgan fingerprint density at radius 3 is 2.50 bits per heavy atom. The van der Waals surface area contributed by atoms with Crippen molar-refractivity contribution in [3.8, 4) is 5.75 Å². The Kier molecular flexibility index (Phi) is 5.35. The van der Waals surface area contributed by atoms with Gasteiger partial charge in [-0.25, -0.2) is 18.0 Å². The molecule has 154 valence electrons. The number of fused-ring (bicyclic) bond motifs is 1. The maximum atomic E-state index is 14.0. The zero-order valence-corrected chi connectivity index (χ0v) is 15.8. The average molecular weight is 413 g/mol. The number of rotatable bonds is 3. The van der Waals surface area contributed by atoms with E-state index in [4.69, 9.17) is 4.74 Å². The van der Waals surface area contributed by atoms with E-state index < -0.39 is 29.6 Å². The Bertz CT molecular complexity index is 1090. The van der Waals surface area contributed by atoms with Gasteiger partial charge in [-0.05, 0) is 53.4 Å². The Morgan fingerprint density at radius 1 is 1.00 bits per heavy atom. The SMILES string of the molecule is O=C(OCc1ccccc1)N1CCc2cc(F)c(F)cc2C1c1cc(F)ccc1O. The summed E-state index contributed by atoms with van der Waals surface area (Å²) in [5, 5.41) is 10.3. The number of carbonyl (C=O) groups excluding carboxylic acids is 1. The standard InChI is InChI=1S/C23H18F3NO3/c24-16-6-7-21(28)18(11-16)22-17-12-20(26)19(25)10-15(17)8-9-27(22)23(29)30-13-14-4-2-1-3-5-14/h1-7,10-12,22,28H,8-9,13H2. The van der Waals surface area contributed by atoms with E-state index in [0.29, 0.717) is 5.56 Å². The Hall–Kier alpha value is -3.48. The smallest absolute Gasteiger partial charge is 0.410 e. The van der Waals surface area contributed by atoms with E-state index in [-0.39, 0.29) is 36.4 Å². The summed E-state index contributed by atoms with van der Waals surface area (Å²) in [5.41, 5.74) is 1.60. The molecule has 7 heteroatoms. The summed E-state index contributed by atoms with van der Waals surface area (Å²) in [6, 6.07) is 13.4. The quantitative estimate of drug-likeness (QED) is 0.651.